The Bertz CT molecular complexity index is 1250. The average Bonchev–Trinajstić information content (AvgIpc) is 2.84. The van der Waals surface area contributed by atoms with Gasteiger partial charge in [-0.1, -0.05) is 30.7 Å². The van der Waals surface area contributed by atoms with Crippen LogP contribution >= 0.6 is 11.6 Å². The molecule has 4 aromatic rings. The number of halogens is 1. The molecule has 0 aliphatic carbocycles. The average molecular weight is 449 g/mol. The smallest absolute Gasteiger partial charge is 0.273 e. The highest BCUT2D eigenvalue weighted by Gasteiger charge is 2.23. The zero-order valence-electron chi connectivity index (χ0n) is 18.0. The molecule has 1 aliphatic rings. The lowest BCUT2D eigenvalue weighted by Gasteiger charge is -2.27. The van der Waals surface area contributed by atoms with Crippen LogP contribution in [0.5, 0.6) is 0 Å². The third kappa shape index (κ3) is 4.62. The number of nitrogens with zero attached hydrogens (tertiary/aromatic N) is 5. The van der Waals surface area contributed by atoms with Gasteiger partial charge in [0, 0.05) is 30.4 Å². The quantitative estimate of drug-likeness (QED) is 0.478. The summed E-state index contributed by atoms with van der Waals surface area (Å²) in [7, 11) is 0. The molecule has 4 heterocycles. The molecule has 1 aromatic carbocycles. The van der Waals surface area contributed by atoms with Crippen LogP contribution < -0.4 is 5.73 Å². The normalized spacial score (nSPS) is 13.6. The van der Waals surface area contributed by atoms with Crippen LogP contribution in [0.15, 0.2) is 48.9 Å². The fourth-order valence-electron chi connectivity index (χ4n) is 3.82. The molecule has 0 saturated carbocycles. The zero-order valence-corrected chi connectivity index (χ0v) is 18.7. The van der Waals surface area contributed by atoms with Gasteiger partial charge in [0.2, 0.25) is 0 Å². The second kappa shape index (κ2) is 9.87. The number of carbonyl (C=O) groups is 1. The van der Waals surface area contributed by atoms with Gasteiger partial charge < -0.3 is 10.6 Å². The van der Waals surface area contributed by atoms with Crippen LogP contribution in [0.3, 0.4) is 0 Å². The fourth-order valence-corrected chi connectivity index (χ4v) is 4.09. The zero-order chi connectivity index (χ0) is 22.5. The van der Waals surface area contributed by atoms with Crippen molar-refractivity contribution >= 4 is 45.1 Å². The summed E-state index contributed by atoms with van der Waals surface area (Å²) in [5, 5.41) is 2.38. The van der Waals surface area contributed by atoms with Gasteiger partial charge in [-0.2, -0.15) is 0 Å². The summed E-state index contributed by atoms with van der Waals surface area (Å²) in [6, 6.07) is 11.4. The molecule has 1 aliphatic heterocycles. The molecule has 0 spiro atoms. The Morgan fingerprint density at radius 2 is 1.91 bits per heavy atom. The number of likely N-dealkylation sites (tertiary alicyclic amines) is 1. The number of hydrogen-bond donors (Lipinski definition) is 1. The lowest BCUT2D eigenvalue weighted by Crippen LogP contribution is -2.36. The summed E-state index contributed by atoms with van der Waals surface area (Å²) in [4.78, 5) is 31.2. The first-order chi connectivity index (χ1) is 15.6. The van der Waals surface area contributed by atoms with Crippen molar-refractivity contribution in [1.82, 2.24) is 24.8 Å². The Hall–Kier alpha value is -3.32. The number of benzene rings is 1. The number of fused-ring (bicyclic) bond motifs is 2. The summed E-state index contributed by atoms with van der Waals surface area (Å²) in [5.74, 6) is 0.443. The Kier molecular flexibility index (Phi) is 6.75. The number of pyridine rings is 2. The van der Waals surface area contributed by atoms with Crippen molar-refractivity contribution in [2.45, 2.75) is 32.6 Å². The number of aromatic nitrogens is 4. The van der Waals surface area contributed by atoms with Crippen molar-refractivity contribution < 1.29 is 4.79 Å². The predicted octanol–water partition coefficient (Wildman–Crippen LogP) is 4.68. The summed E-state index contributed by atoms with van der Waals surface area (Å²) in [6.07, 6.45) is 7.26. The molecule has 32 heavy (non-hydrogen) atoms. The molecule has 164 valence electrons. The number of rotatable bonds is 2. The molecular weight excluding hydrogens is 424 g/mol. The van der Waals surface area contributed by atoms with E-state index in [9.17, 15) is 4.79 Å². The summed E-state index contributed by atoms with van der Waals surface area (Å²) in [6.45, 7) is 3.69. The second-order valence-corrected chi connectivity index (χ2v) is 8.04. The van der Waals surface area contributed by atoms with Gasteiger partial charge in [-0.25, -0.2) is 15.0 Å². The van der Waals surface area contributed by atoms with Gasteiger partial charge in [0.15, 0.2) is 5.82 Å². The van der Waals surface area contributed by atoms with E-state index in [1.165, 1.54) is 12.7 Å². The molecule has 2 N–H and O–H groups in total. The number of nitrogens with two attached hydrogens (primary N) is 1. The van der Waals surface area contributed by atoms with Gasteiger partial charge >= 0.3 is 0 Å². The molecule has 0 unspecified atom stereocenters. The van der Waals surface area contributed by atoms with E-state index in [-0.39, 0.29) is 5.91 Å². The third-order valence-electron chi connectivity index (χ3n) is 5.49. The van der Waals surface area contributed by atoms with Crippen LogP contribution in [-0.4, -0.2) is 43.8 Å². The second-order valence-electron chi connectivity index (χ2n) is 7.64. The van der Waals surface area contributed by atoms with Gasteiger partial charge in [-0.15, -0.1) is 0 Å². The van der Waals surface area contributed by atoms with E-state index in [1.807, 2.05) is 48.2 Å². The van der Waals surface area contributed by atoms with Crippen molar-refractivity contribution in [3.05, 3.63) is 65.3 Å². The highest BCUT2D eigenvalue weighted by Crippen LogP contribution is 2.28. The SMILES string of the molecule is CCc1cc2cccc(Cl)c2c(C(=O)N2CCCCC2)n1.Nc1ncnc2cccnc12. The van der Waals surface area contributed by atoms with Gasteiger partial charge in [0.05, 0.1) is 10.5 Å². The maximum Gasteiger partial charge on any atom is 0.273 e. The molecule has 8 heteroatoms. The van der Waals surface area contributed by atoms with Crippen LogP contribution in [0.2, 0.25) is 5.02 Å². The molecule has 1 fully saturated rings. The van der Waals surface area contributed by atoms with Crippen LogP contribution in [-0.2, 0) is 6.42 Å². The van der Waals surface area contributed by atoms with Gasteiger partial charge in [-0.05, 0) is 55.3 Å². The molecule has 1 amide bonds. The van der Waals surface area contributed by atoms with Crippen LogP contribution in [0.1, 0.15) is 42.4 Å². The molecule has 1 saturated heterocycles. The van der Waals surface area contributed by atoms with Crippen LogP contribution in [0.25, 0.3) is 21.8 Å². The van der Waals surface area contributed by atoms with E-state index in [2.05, 4.69) is 19.9 Å². The summed E-state index contributed by atoms with van der Waals surface area (Å²) < 4.78 is 0. The molecule has 0 atom stereocenters. The first-order valence-corrected chi connectivity index (χ1v) is 11.1. The minimum absolute atomic E-state index is 0.0168. The maximum atomic E-state index is 12.8. The summed E-state index contributed by atoms with van der Waals surface area (Å²) >= 11 is 6.33. The van der Waals surface area contributed by atoms with Gasteiger partial charge in [0.25, 0.3) is 5.91 Å². The molecular formula is C24H25ClN6O. The van der Waals surface area contributed by atoms with Crippen molar-refractivity contribution in [2.75, 3.05) is 18.8 Å². The minimum Gasteiger partial charge on any atom is -0.382 e. The number of nitrogen functional groups attached to an aromatic ring is 1. The minimum atomic E-state index is 0.0168. The number of piperidine rings is 1. The van der Waals surface area contributed by atoms with Crippen LogP contribution in [0, 0.1) is 0 Å². The Morgan fingerprint density at radius 1 is 1.09 bits per heavy atom. The maximum absolute atomic E-state index is 12.8. The number of amides is 1. The van der Waals surface area contributed by atoms with E-state index in [0.29, 0.717) is 22.1 Å². The van der Waals surface area contributed by atoms with Crippen molar-refractivity contribution in [1.29, 1.82) is 0 Å². The molecule has 0 radical (unpaired) electrons. The molecule has 0 bridgehead atoms. The lowest BCUT2D eigenvalue weighted by atomic mass is 10.1. The predicted molar refractivity (Wildman–Crippen MR) is 128 cm³/mol. The number of hydrogen-bond acceptors (Lipinski definition) is 6. The van der Waals surface area contributed by atoms with Crippen LogP contribution in [0.4, 0.5) is 5.82 Å². The molecule has 3 aromatic heterocycles. The fraction of sp³-hybridized carbons (Fsp3) is 0.292. The molecule has 5 rings (SSSR count). The van der Waals surface area contributed by atoms with Crippen molar-refractivity contribution in [3.8, 4) is 0 Å². The number of anilines is 1. The monoisotopic (exact) mass is 448 g/mol. The van der Waals surface area contributed by atoms with E-state index in [1.54, 1.807) is 6.20 Å². The standard InChI is InChI=1S/C17H19ClN2O.C7H6N4/c1-2-13-11-12-7-6-8-14(18)15(12)16(19-13)17(21)20-9-4-3-5-10-20;8-7-6-5(10-4-11-7)2-1-3-9-6/h6-8,11H,2-5,9-10H2,1H3;1-4H,(H2,8,10,11). The lowest BCUT2D eigenvalue weighted by molar-refractivity contribution is 0.0720. The Morgan fingerprint density at radius 3 is 2.66 bits per heavy atom. The summed E-state index contributed by atoms with van der Waals surface area (Å²) in [5.41, 5.74) is 8.43. The Balaban J connectivity index is 0.000000186. The van der Waals surface area contributed by atoms with E-state index >= 15 is 0 Å². The van der Waals surface area contributed by atoms with Gasteiger partial charge in [-0.3, -0.25) is 9.78 Å². The number of carbonyl (C=O) groups excluding carboxylic acids is 1. The van der Waals surface area contributed by atoms with Gasteiger partial charge in [0.1, 0.15) is 17.5 Å². The highest BCUT2D eigenvalue weighted by molar-refractivity contribution is 6.36. The van der Waals surface area contributed by atoms with Crippen molar-refractivity contribution in [3.63, 3.8) is 0 Å². The highest BCUT2D eigenvalue weighted by atomic mass is 35.5. The molecule has 7 nitrogen and oxygen atoms in total. The van der Waals surface area contributed by atoms with Crippen molar-refractivity contribution in [2.24, 2.45) is 0 Å². The first kappa shape index (κ1) is 21.9. The number of aryl methyl sites for hydroxylation is 1. The first-order valence-electron chi connectivity index (χ1n) is 10.8. The topological polar surface area (TPSA) is 97.9 Å². The largest absolute Gasteiger partial charge is 0.382 e. The van der Waals surface area contributed by atoms with E-state index in [4.69, 9.17) is 17.3 Å². The van der Waals surface area contributed by atoms with E-state index in [0.717, 1.165) is 54.3 Å². The van der Waals surface area contributed by atoms with E-state index < -0.39 is 0 Å². The third-order valence-corrected chi connectivity index (χ3v) is 5.81. The Labute approximate surface area is 191 Å².